The molecule has 1 aliphatic rings. The van der Waals surface area contributed by atoms with Gasteiger partial charge in [0.25, 0.3) is 0 Å². The molecular formula is C12H18ClNOS. The van der Waals surface area contributed by atoms with E-state index in [0.29, 0.717) is 18.4 Å². The van der Waals surface area contributed by atoms with Crippen LogP contribution in [0.1, 0.15) is 24.1 Å². The summed E-state index contributed by atoms with van der Waals surface area (Å²) in [6.45, 7) is 2.25. The van der Waals surface area contributed by atoms with E-state index in [-0.39, 0.29) is 0 Å². The molecule has 0 radical (unpaired) electrons. The van der Waals surface area contributed by atoms with Gasteiger partial charge in [0.2, 0.25) is 0 Å². The topological polar surface area (TPSA) is 32.3 Å². The van der Waals surface area contributed by atoms with Gasteiger partial charge in [-0.05, 0) is 37.3 Å². The Morgan fingerprint density at radius 3 is 2.94 bits per heavy atom. The molecule has 0 bridgehead atoms. The van der Waals surface area contributed by atoms with Crippen molar-refractivity contribution in [2.24, 2.45) is 11.8 Å². The number of hydrogen-bond acceptors (Lipinski definition) is 3. The maximum Gasteiger partial charge on any atom is 0.0516 e. The summed E-state index contributed by atoms with van der Waals surface area (Å²) in [5, 5.41) is 15.5. The minimum Gasteiger partial charge on any atom is -0.396 e. The molecular weight excluding hydrogens is 242 g/mol. The molecule has 90 valence electrons. The van der Waals surface area contributed by atoms with Crippen molar-refractivity contribution in [3.63, 3.8) is 0 Å². The molecule has 1 aromatic rings. The van der Waals surface area contributed by atoms with Gasteiger partial charge >= 0.3 is 0 Å². The van der Waals surface area contributed by atoms with E-state index >= 15 is 0 Å². The van der Waals surface area contributed by atoms with Crippen LogP contribution in [0.15, 0.2) is 11.4 Å². The van der Waals surface area contributed by atoms with Gasteiger partial charge in [-0.15, -0.1) is 11.3 Å². The van der Waals surface area contributed by atoms with Crippen LogP contribution >= 0.6 is 22.9 Å². The fraction of sp³-hybridized carbons (Fsp3) is 0.667. The standard InChI is InChI=1S/C12H18ClNOS/c13-11-4-12(16-8-11)6-14-5-9-2-1-3-10(9)7-15/h4,8-10,14-15H,1-3,5-7H2. The number of nitrogens with one attached hydrogen (secondary N) is 1. The first kappa shape index (κ1) is 12.4. The summed E-state index contributed by atoms with van der Waals surface area (Å²) in [5.41, 5.74) is 0. The summed E-state index contributed by atoms with van der Waals surface area (Å²) in [6, 6.07) is 2.01. The van der Waals surface area contributed by atoms with Gasteiger partial charge in [-0.1, -0.05) is 18.0 Å². The van der Waals surface area contributed by atoms with Crippen molar-refractivity contribution in [2.45, 2.75) is 25.8 Å². The fourth-order valence-corrected chi connectivity index (χ4v) is 3.49. The Labute approximate surface area is 106 Å². The molecule has 1 heterocycles. The monoisotopic (exact) mass is 259 g/mol. The Morgan fingerprint density at radius 1 is 1.44 bits per heavy atom. The molecule has 0 amide bonds. The molecule has 0 spiro atoms. The van der Waals surface area contributed by atoms with Gasteiger partial charge in [-0.3, -0.25) is 0 Å². The largest absolute Gasteiger partial charge is 0.396 e. The van der Waals surface area contributed by atoms with Gasteiger partial charge in [-0.25, -0.2) is 0 Å². The van der Waals surface area contributed by atoms with Gasteiger partial charge in [0, 0.05) is 23.4 Å². The Bertz CT molecular complexity index is 329. The molecule has 1 aromatic heterocycles. The zero-order chi connectivity index (χ0) is 11.4. The van der Waals surface area contributed by atoms with Gasteiger partial charge in [0.1, 0.15) is 0 Å². The van der Waals surface area contributed by atoms with E-state index in [1.807, 2.05) is 11.4 Å². The molecule has 2 unspecified atom stereocenters. The summed E-state index contributed by atoms with van der Waals surface area (Å²) < 4.78 is 0. The molecule has 2 N–H and O–H groups in total. The van der Waals surface area contributed by atoms with E-state index in [4.69, 9.17) is 11.6 Å². The van der Waals surface area contributed by atoms with Gasteiger partial charge in [-0.2, -0.15) is 0 Å². The van der Waals surface area contributed by atoms with Gasteiger partial charge in [0.05, 0.1) is 5.02 Å². The van der Waals surface area contributed by atoms with Crippen molar-refractivity contribution in [1.29, 1.82) is 0 Å². The molecule has 0 saturated heterocycles. The van der Waals surface area contributed by atoms with E-state index < -0.39 is 0 Å². The van der Waals surface area contributed by atoms with E-state index in [9.17, 15) is 5.11 Å². The highest BCUT2D eigenvalue weighted by Crippen LogP contribution is 2.30. The van der Waals surface area contributed by atoms with Crippen molar-refractivity contribution in [1.82, 2.24) is 5.32 Å². The number of hydrogen-bond donors (Lipinski definition) is 2. The number of halogens is 1. The first-order valence-electron chi connectivity index (χ1n) is 5.84. The van der Waals surface area contributed by atoms with Crippen LogP contribution in [0.3, 0.4) is 0 Å². The summed E-state index contributed by atoms with van der Waals surface area (Å²) in [5.74, 6) is 1.17. The lowest BCUT2D eigenvalue weighted by molar-refractivity contribution is 0.192. The normalized spacial score (nSPS) is 25.1. The molecule has 16 heavy (non-hydrogen) atoms. The van der Waals surface area contributed by atoms with Crippen LogP contribution in [0.2, 0.25) is 5.02 Å². The van der Waals surface area contributed by atoms with Crippen molar-refractivity contribution >= 4 is 22.9 Å². The average molecular weight is 260 g/mol. The third-order valence-electron chi connectivity index (χ3n) is 3.38. The summed E-state index contributed by atoms with van der Waals surface area (Å²) in [4.78, 5) is 1.28. The summed E-state index contributed by atoms with van der Waals surface area (Å²) in [7, 11) is 0. The second-order valence-corrected chi connectivity index (χ2v) is 5.93. The number of thiophene rings is 1. The number of aliphatic hydroxyl groups excluding tert-OH is 1. The van der Waals surface area contributed by atoms with E-state index in [1.54, 1.807) is 11.3 Å². The summed E-state index contributed by atoms with van der Waals surface area (Å²) >= 11 is 7.56. The second kappa shape index (κ2) is 6.01. The molecule has 2 atom stereocenters. The lowest BCUT2D eigenvalue weighted by Gasteiger charge is -2.17. The molecule has 0 aliphatic heterocycles. The lowest BCUT2D eigenvalue weighted by atomic mass is 9.97. The SMILES string of the molecule is OCC1CCCC1CNCc1cc(Cl)cs1. The Morgan fingerprint density at radius 2 is 2.25 bits per heavy atom. The zero-order valence-electron chi connectivity index (χ0n) is 9.29. The first-order valence-corrected chi connectivity index (χ1v) is 7.10. The molecule has 1 fully saturated rings. The highest BCUT2D eigenvalue weighted by atomic mass is 35.5. The predicted molar refractivity (Wildman–Crippen MR) is 69.0 cm³/mol. The molecule has 1 saturated carbocycles. The quantitative estimate of drug-likeness (QED) is 0.852. The van der Waals surface area contributed by atoms with Crippen molar-refractivity contribution in [3.8, 4) is 0 Å². The fourth-order valence-electron chi connectivity index (χ4n) is 2.45. The van der Waals surface area contributed by atoms with Crippen LogP contribution in [0.25, 0.3) is 0 Å². The van der Waals surface area contributed by atoms with E-state index in [1.165, 1.54) is 24.1 Å². The van der Waals surface area contributed by atoms with E-state index in [0.717, 1.165) is 18.1 Å². The third kappa shape index (κ3) is 3.20. The van der Waals surface area contributed by atoms with Crippen molar-refractivity contribution in [3.05, 3.63) is 21.3 Å². The average Bonchev–Trinajstić information content (AvgIpc) is 2.87. The van der Waals surface area contributed by atoms with Crippen molar-refractivity contribution < 1.29 is 5.11 Å². The maximum absolute atomic E-state index is 9.21. The Kier molecular flexibility index (Phi) is 4.65. The molecule has 1 aliphatic carbocycles. The second-order valence-electron chi connectivity index (χ2n) is 4.50. The van der Waals surface area contributed by atoms with Crippen LogP contribution < -0.4 is 5.32 Å². The Hall–Kier alpha value is -0.0900. The molecule has 4 heteroatoms. The Balaban J connectivity index is 1.71. The van der Waals surface area contributed by atoms with Crippen LogP contribution in [0, 0.1) is 11.8 Å². The highest BCUT2D eigenvalue weighted by molar-refractivity contribution is 7.10. The van der Waals surface area contributed by atoms with Crippen molar-refractivity contribution in [2.75, 3.05) is 13.2 Å². The maximum atomic E-state index is 9.21. The first-order chi connectivity index (χ1) is 7.79. The highest BCUT2D eigenvalue weighted by Gasteiger charge is 2.25. The number of rotatable bonds is 5. The van der Waals surface area contributed by atoms with Crippen LogP contribution in [-0.4, -0.2) is 18.3 Å². The van der Waals surface area contributed by atoms with Gasteiger partial charge < -0.3 is 10.4 Å². The predicted octanol–water partition coefficient (Wildman–Crippen LogP) is 2.90. The molecule has 0 aromatic carbocycles. The molecule has 2 rings (SSSR count). The zero-order valence-corrected chi connectivity index (χ0v) is 10.9. The van der Waals surface area contributed by atoms with Crippen LogP contribution in [0.4, 0.5) is 0 Å². The van der Waals surface area contributed by atoms with Crippen LogP contribution in [0.5, 0.6) is 0 Å². The third-order valence-corrected chi connectivity index (χ3v) is 4.66. The van der Waals surface area contributed by atoms with Gasteiger partial charge in [0.15, 0.2) is 0 Å². The summed E-state index contributed by atoms with van der Waals surface area (Å²) in [6.07, 6.45) is 3.71. The minimum absolute atomic E-state index is 0.344. The molecule has 2 nitrogen and oxygen atoms in total. The lowest BCUT2D eigenvalue weighted by Crippen LogP contribution is -2.26. The number of aliphatic hydroxyl groups is 1. The van der Waals surface area contributed by atoms with Crippen LogP contribution in [-0.2, 0) is 6.54 Å². The van der Waals surface area contributed by atoms with E-state index in [2.05, 4.69) is 5.32 Å². The smallest absolute Gasteiger partial charge is 0.0516 e. The minimum atomic E-state index is 0.344.